The maximum Gasteiger partial charge on any atom is 0.253 e. The molecule has 2 aromatic rings. The molecule has 21 heavy (non-hydrogen) atoms. The van der Waals surface area contributed by atoms with Gasteiger partial charge in [0.15, 0.2) is 0 Å². The third kappa shape index (κ3) is 3.83. The maximum atomic E-state index is 12.3. The molecular weight excluding hydrogens is 264 g/mol. The smallest absolute Gasteiger partial charge is 0.253 e. The van der Waals surface area contributed by atoms with Crippen LogP contribution in [0.1, 0.15) is 21.5 Å². The van der Waals surface area contributed by atoms with Gasteiger partial charge in [0.25, 0.3) is 5.91 Å². The van der Waals surface area contributed by atoms with E-state index in [0.717, 1.165) is 11.1 Å². The van der Waals surface area contributed by atoms with E-state index in [9.17, 15) is 9.90 Å². The second kappa shape index (κ2) is 6.90. The number of nitrogens with one attached hydrogen (secondary N) is 1. The first-order valence-corrected chi connectivity index (χ1v) is 6.92. The molecule has 0 heterocycles. The molecule has 1 amide bonds. The lowest BCUT2D eigenvalue weighted by atomic mass is 10.0. The Balaban J connectivity index is 2.10. The highest BCUT2D eigenvalue weighted by molar-refractivity contribution is 6.00. The van der Waals surface area contributed by atoms with E-state index < -0.39 is 0 Å². The molecule has 0 saturated carbocycles. The van der Waals surface area contributed by atoms with E-state index in [2.05, 4.69) is 5.32 Å². The number of anilines is 1. The van der Waals surface area contributed by atoms with Gasteiger partial charge in [0.1, 0.15) is 0 Å². The van der Waals surface area contributed by atoms with Gasteiger partial charge in [-0.1, -0.05) is 42.5 Å². The highest BCUT2D eigenvalue weighted by Gasteiger charge is 2.17. The fourth-order valence-corrected chi connectivity index (χ4v) is 2.32. The topological polar surface area (TPSA) is 75.4 Å². The van der Waals surface area contributed by atoms with Crippen molar-refractivity contribution in [2.24, 2.45) is 0 Å². The summed E-state index contributed by atoms with van der Waals surface area (Å²) in [6.07, 6.45) is 0.578. The molecule has 0 unspecified atom stereocenters. The zero-order valence-electron chi connectivity index (χ0n) is 12.0. The molecular formula is C17H20N2O2. The zero-order chi connectivity index (χ0) is 15.2. The molecule has 0 bridgehead atoms. The molecule has 1 atom stereocenters. The number of aliphatic hydroxyl groups excluding tert-OH is 1. The Morgan fingerprint density at radius 2 is 1.90 bits per heavy atom. The van der Waals surface area contributed by atoms with Crippen LogP contribution in [0.4, 0.5) is 5.69 Å². The predicted molar refractivity (Wildman–Crippen MR) is 84.1 cm³/mol. The number of aliphatic hydroxyl groups is 1. The lowest BCUT2D eigenvalue weighted by Gasteiger charge is -2.18. The van der Waals surface area contributed by atoms with Crippen molar-refractivity contribution >= 4 is 11.6 Å². The number of carbonyl (C=O) groups is 1. The first kappa shape index (κ1) is 15.1. The summed E-state index contributed by atoms with van der Waals surface area (Å²) in [6.45, 7) is 1.73. The molecule has 2 aromatic carbocycles. The molecule has 0 aromatic heterocycles. The lowest BCUT2D eigenvalue weighted by molar-refractivity contribution is 0.0917. The second-order valence-corrected chi connectivity index (χ2v) is 5.08. The molecule has 0 saturated heterocycles. The quantitative estimate of drug-likeness (QED) is 0.734. The summed E-state index contributed by atoms with van der Waals surface area (Å²) in [5.74, 6) is -0.249. The zero-order valence-corrected chi connectivity index (χ0v) is 12.0. The SMILES string of the molecule is Cc1cccc(N)c1C(=O)N[C@H](CO)Cc1ccccc1. The second-order valence-electron chi connectivity index (χ2n) is 5.08. The van der Waals surface area contributed by atoms with E-state index in [0.29, 0.717) is 17.7 Å². The van der Waals surface area contributed by atoms with Gasteiger partial charge in [-0.3, -0.25) is 4.79 Å². The number of amides is 1. The molecule has 2 rings (SSSR count). The Hall–Kier alpha value is -2.33. The summed E-state index contributed by atoms with van der Waals surface area (Å²) in [4.78, 5) is 12.3. The minimum absolute atomic E-state index is 0.119. The van der Waals surface area contributed by atoms with Gasteiger partial charge in [0.2, 0.25) is 0 Å². The molecule has 0 aliphatic heterocycles. The summed E-state index contributed by atoms with van der Waals surface area (Å²) in [5.41, 5.74) is 8.68. The van der Waals surface area contributed by atoms with Gasteiger partial charge in [-0.25, -0.2) is 0 Å². The largest absolute Gasteiger partial charge is 0.398 e. The van der Waals surface area contributed by atoms with E-state index in [1.807, 2.05) is 49.4 Å². The normalized spacial score (nSPS) is 11.9. The highest BCUT2D eigenvalue weighted by atomic mass is 16.3. The molecule has 110 valence electrons. The average molecular weight is 284 g/mol. The Labute approximate surface area is 124 Å². The molecule has 4 heteroatoms. The van der Waals surface area contributed by atoms with Crippen LogP contribution in [0.25, 0.3) is 0 Å². The Morgan fingerprint density at radius 3 is 2.52 bits per heavy atom. The van der Waals surface area contributed by atoms with Crippen LogP contribution in [0.2, 0.25) is 0 Å². The van der Waals surface area contributed by atoms with Crippen LogP contribution in [0.15, 0.2) is 48.5 Å². The Kier molecular flexibility index (Phi) is 4.95. The standard InChI is InChI=1S/C17H20N2O2/c1-12-6-5-9-15(18)16(12)17(21)19-14(11-20)10-13-7-3-2-4-8-13/h2-9,14,20H,10-11,18H2,1H3,(H,19,21)/t14-/m0/s1. The highest BCUT2D eigenvalue weighted by Crippen LogP contribution is 2.16. The van der Waals surface area contributed by atoms with Crippen molar-refractivity contribution in [1.82, 2.24) is 5.32 Å². The van der Waals surface area contributed by atoms with Crippen LogP contribution in [-0.4, -0.2) is 23.7 Å². The molecule has 4 nitrogen and oxygen atoms in total. The molecule has 0 spiro atoms. The summed E-state index contributed by atoms with van der Waals surface area (Å²) < 4.78 is 0. The van der Waals surface area contributed by atoms with Gasteiger partial charge >= 0.3 is 0 Å². The fraction of sp³-hybridized carbons (Fsp3) is 0.235. The average Bonchev–Trinajstić information content (AvgIpc) is 2.47. The van der Waals surface area contributed by atoms with Crippen LogP contribution in [0.5, 0.6) is 0 Å². The maximum absolute atomic E-state index is 12.3. The predicted octanol–water partition coefficient (Wildman–Crippen LogP) is 1.91. The lowest BCUT2D eigenvalue weighted by Crippen LogP contribution is -2.39. The first-order valence-electron chi connectivity index (χ1n) is 6.92. The number of nitrogens with two attached hydrogens (primary N) is 1. The van der Waals surface area contributed by atoms with Gasteiger partial charge in [0, 0.05) is 5.69 Å². The van der Waals surface area contributed by atoms with Crippen LogP contribution in [0, 0.1) is 6.92 Å². The van der Waals surface area contributed by atoms with Crippen molar-refractivity contribution in [2.75, 3.05) is 12.3 Å². The van der Waals surface area contributed by atoms with Gasteiger partial charge in [-0.05, 0) is 30.5 Å². The van der Waals surface area contributed by atoms with E-state index in [1.165, 1.54) is 0 Å². The minimum Gasteiger partial charge on any atom is -0.398 e. The third-order valence-corrected chi connectivity index (χ3v) is 3.41. The van der Waals surface area contributed by atoms with Crippen molar-refractivity contribution in [3.8, 4) is 0 Å². The first-order chi connectivity index (χ1) is 10.1. The number of benzene rings is 2. The van der Waals surface area contributed by atoms with Gasteiger partial charge in [-0.15, -0.1) is 0 Å². The molecule has 0 fully saturated rings. The Morgan fingerprint density at radius 1 is 1.19 bits per heavy atom. The molecule has 0 aliphatic carbocycles. The van der Waals surface area contributed by atoms with Crippen molar-refractivity contribution in [3.05, 3.63) is 65.2 Å². The van der Waals surface area contributed by atoms with E-state index in [-0.39, 0.29) is 18.6 Å². The number of rotatable bonds is 5. The van der Waals surface area contributed by atoms with Crippen molar-refractivity contribution in [1.29, 1.82) is 0 Å². The van der Waals surface area contributed by atoms with Gasteiger partial charge in [-0.2, -0.15) is 0 Å². The van der Waals surface area contributed by atoms with Gasteiger partial charge in [0.05, 0.1) is 18.2 Å². The van der Waals surface area contributed by atoms with Crippen molar-refractivity contribution in [3.63, 3.8) is 0 Å². The van der Waals surface area contributed by atoms with E-state index in [4.69, 9.17) is 5.73 Å². The Bertz CT molecular complexity index is 591. The fourth-order valence-electron chi connectivity index (χ4n) is 2.32. The van der Waals surface area contributed by atoms with Gasteiger partial charge < -0.3 is 16.2 Å². The van der Waals surface area contributed by atoms with E-state index >= 15 is 0 Å². The summed E-state index contributed by atoms with van der Waals surface area (Å²) >= 11 is 0. The third-order valence-electron chi connectivity index (χ3n) is 3.41. The molecule has 4 N–H and O–H groups in total. The van der Waals surface area contributed by atoms with Crippen LogP contribution < -0.4 is 11.1 Å². The van der Waals surface area contributed by atoms with Crippen LogP contribution in [0.3, 0.4) is 0 Å². The monoisotopic (exact) mass is 284 g/mol. The number of hydrogen-bond acceptors (Lipinski definition) is 3. The minimum atomic E-state index is -0.334. The molecule has 0 radical (unpaired) electrons. The van der Waals surface area contributed by atoms with Crippen LogP contribution >= 0.6 is 0 Å². The summed E-state index contributed by atoms with van der Waals surface area (Å²) in [5, 5.41) is 12.3. The number of carbonyl (C=O) groups excluding carboxylic acids is 1. The number of hydrogen-bond donors (Lipinski definition) is 3. The molecule has 0 aliphatic rings. The number of nitrogen functional groups attached to an aromatic ring is 1. The van der Waals surface area contributed by atoms with Crippen molar-refractivity contribution < 1.29 is 9.90 Å². The summed E-state index contributed by atoms with van der Waals surface area (Å²) in [7, 11) is 0. The van der Waals surface area contributed by atoms with Crippen molar-refractivity contribution in [2.45, 2.75) is 19.4 Å². The number of aryl methyl sites for hydroxylation is 1. The van der Waals surface area contributed by atoms with Crippen LogP contribution in [-0.2, 0) is 6.42 Å². The van der Waals surface area contributed by atoms with E-state index in [1.54, 1.807) is 6.07 Å². The summed E-state index contributed by atoms with van der Waals surface area (Å²) in [6, 6.07) is 14.8.